The van der Waals surface area contributed by atoms with E-state index in [1.54, 1.807) is 18.2 Å². The van der Waals surface area contributed by atoms with Gasteiger partial charge in [0.2, 0.25) is 10.0 Å². The van der Waals surface area contributed by atoms with Crippen molar-refractivity contribution in [2.24, 2.45) is 0 Å². The summed E-state index contributed by atoms with van der Waals surface area (Å²) in [7, 11) is -3.52. The molecule has 0 radical (unpaired) electrons. The Kier molecular flexibility index (Phi) is 5.02. The van der Waals surface area contributed by atoms with Crippen LogP contribution in [0.5, 0.6) is 0 Å². The van der Waals surface area contributed by atoms with Crippen molar-refractivity contribution >= 4 is 32.8 Å². The van der Waals surface area contributed by atoms with E-state index in [-0.39, 0.29) is 4.90 Å². The number of aromatic nitrogens is 2. The van der Waals surface area contributed by atoms with E-state index in [0.717, 1.165) is 37.8 Å². The highest BCUT2D eigenvalue weighted by Gasteiger charge is 2.19. The molecule has 3 rings (SSSR count). The molecule has 6 nitrogen and oxygen atoms in total. The Balaban J connectivity index is 1.58. The number of hydrogen-bond acceptors (Lipinski definition) is 6. The zero-order valence-electron chi connectivity index (χ0n) is 12.4. The van der Waals surface area contributed by atoms with Crippen LogP contribution >= 0.6 is 11.7 Å². The highest BCUT2D eigenvalue weighted by molar-refractivity contribution is 7.89. The van der Waals surface area contributed by atoms with E-state index in [4.69, 9.17) is 0 Å². The molecular formula is C14H20N4O2S2. The summed E-state index contributed by atoms with van der Waals surface area (Å²) in [6.45, 7) is 3.67. The summed E-state index contributed by atoms with van der Waals surface area (Å²) in [4.78, 5) is 2.62. The van der Waals surface area contributed by atoms with Gasteiger partial charge in [0.15, 0.2) is 0 Å². The second-order valence-electron chi connectivity index (χ2n) is 5.54. The molecule has 2 heterocycles. The van der Waals surface area contributed by atoms with Crippen molar-refractivity contribution in [2.75, 3.05) is 26.2 Å². The number of piperidine rings is 1. The lowest BCUT2D eigenvalue weighted by Crippen LogP contribution is -2.33. The standard InChI is InChI=1S/C14H20N4O2S2/c19-22(20,13-7-4-6-12-14(13)17-21-16-12)15-8-5-11-18-9-2-1-3-10-18/h4,6-7,15H,1-3,5,8-11H2. The van der Waals surface area contributed by atoms with Crippen molar-refractivity contribution in [3.63, 3.8) is 0 Å². The molecule has 8 heteroatoms. The average Bonchev–Trinajstić information content (AvgIpc) is 3.01. The lowest BCUT2D eigenvalue weighted by atomic mass is 10.1. The monoisotopic (exact) mass is 340 g/mol. The normalized spacial score (nSPS) is 17.1. The van der Waals surface area contributed by atoms with E-state index in [9.17, 15) is 8.42 Å². The van der Waals surface area contributed by atoms with Crippen molar-refractivity contribution in [1.82, 2.24) is 18.4 Å². The maximum Gasteiger partial charge on any atom is 0.242 e. The molecule has 1 aromatic heterocycles. The van der Waals surface area contributed by atoms with Gasteiger partial charge >= 0.3 is 0 Å². The summed E-state index contributed by atoms with van der Waals surface area (Å²) in [5.41, 5.74) is 1.08. The van der Waals surface area contributed by atoms with Crippen LogP contribution in [0.15, 0.2) is 23.1 Å². The van der Waals surface area contributed by atoms with Gasteiger partial charge in [0.1, 0.15) is 15.9 Å². The number of nitrogens with one attached hydrogen (secondary N) is 1. The third kappa shape index (κ3) is 3.62. The Morgan fingerprint density at radius 1 is 1.18 bits per heavy atom. The lowest BCUT2D eigenvalue weighted by molar-refractivity contribution is 0.227. The van der Waals surface area contributed by atoms with Gasteiger partial charge in [-0.05, 0) is 51.0 Å². The first-order valence-electron chi connectivity index (χ1n) is 7.60. The lowest BCUT2D eigenvalue weighted by Gasteiger charge is -2.26. The van der Waals surface area contributed by atoms with E-state index in [2.05, 4.69) is 18.4 Å². The summed E-state index contributed by atoms with van der Waals surface area (Å²) in [6, 6.07) is 5.05. The van der Waals surface area contributed by atoms with E-state index in [1.807, 2.05) is 0 Å². The number of fused-ring (bicyclic) bond motifs is 1. The summed E-state index contributed by atoms with van der Waals surface area (Å²) < 4.78 is 35.7. The topological polar surface area (TPSA) is 75.2 Å². The Morgan fingerprint density at radius 3 is 2.82 bits per heavy atom. The quantitative estimate of drug-likeness (QED) is 0.812. The van der Waals surface area contributed by atoms with Crippen molar-refractivity contribution < 1.29 is 8.42 Å². The molecule has 1 saturated heterocycles. The fourth-order valence-corrected chi connectivity index (χ4v) is 4.61. The van der Waals surface area contributed by atoms with Gasteiger partial charge in [-0.25, -0.2) is 13.1 Å². The van der Waals surface area contributed by atoms with Crippen LogP contribution < -0.4 is 4.72 Å². The predicted molar refractivity (Wildman–Crippen MR) is 87.5 cm³/mol. The molecule has 22 heavy (non-hydrogen) atoms. The third-order valence-electron chi connectivity index (χ3n) is 3.93. The number of benzene rings is 1. The number of hydrogen-bond donors (Lipinski definition) is 1. The minimum absolute atomic E-state index is 0.219. The van der Waals surface area contributed by atoms with Crippen LogP contribution in [0.4, 0.5) is 0 Å². The van der Waals surface area contributed by atoms with Crippen LogP contribution in [-0.4, -0.2) is 48.2 Å². The molecule has 2 aromatic rings. The summed E-state index contributed by atoms with van der Waals surface area (Å²) in [5.74, 6) is 0. The van der Waals surface area contributed by atoms with Gasteiger partial charge in [-0.1, -0.05) is 12.5 Å². The Labute approximate surface area is 134 Å². The number of rotatable bonds is 6. The van der Waals surface area contributed by atoms with Crippen LogP contribution in [0, 0.1) is 0 Å². The second kappa shape index (κ2) is 6.99. The molecule has 120 valence electrons. The number of nitrogens with zero attached hydrogens (tertiary/aromatic N) is 3. The molecule has 0 aliphatic carbocycles. The summed E-state index contributed by atoms with van der Waals surface area (Å²) in [6.07, 6.45) is 4.65. The van der Waals surface area contributed by atoms with Crippen LogP contribution in [-0.2, 0) is 10.0 Å². The smallest absolute Gasteiger partial charge is 0.242 e. The highest BCUT2D eigenvalue weighted by Crippen LogP contribution is 2.20. The second-order valence-corrected chi connectivity index (χ2v) is 7.81. The summed E-state index contributed by atoms with van der Waals surface area (Å²) >= 11 is 1.03. The van der Waals surface area contributed by atoms with E-state index in [1.165, 1.54) is 19.3 Å². The van der Waals surface area contributed by atoms with Crippen molar-refractivity contribution in [3.05, 3.63) is 18.2 Å². The Morgan fingerprint density at radius 2 is 2.00 bits per heavy atom. The minimum Gasteiger partial charge on any atom is -0.303 e. The van der Waals surface area contributed by atoms with Crippen LogP contribution in [0.2, 0.25) is 0 Å². The van der Waals surface area contributed by atoms with E-state index >= 15 is 0 Å². The maximum absolute atomic E-state index is 12.4. The molecule has 0 saturated carbocycles. The van der Waals surface area contributed by atoms with Crippen LogP contribution in [0.25, 0.3) is 11.0 Å². The van der Waals surface area contributed by atoms with Gasteiger partial charge in [0.25, 0.3) is 0 Å². The zero-order chi connectivity index (χ0) is 15.4. The molecule has 0 bridgehead atoms. The largest absolute Gasteiger partial charge is 0.303 e. The zero-order valence-corrected chi connectivity index (χ0v) is 14.0. The molecule has 0 spiro atoms. The number of sulfonamides is 1. The third-order valence-corrected chi connectivity index (χ3v) is 5.97. The highest BCUT2D eigenvalue weighted by atomic mass is 32.2. The van der Waals surface area contributed by atoms with Gasteiger partial charge in [-0.2, -0.15) is 8.75 Å². The van der Waals surface area contributed by atoms with Gasteiger partial charge in [-0.15, -0.1) is 0 Å². The van der Waals surface area contributed by atoms with Gasteiger partial charge < -0.3 is 4.90 Å². The molecule has 1 N–H and O–H groups in total. The molecule has 1 aromatic carbocycles. The predicted octanol–water partition coefficient (Wildman–Crippen LogP) is 1.85. The Hall–Kier alpha value is -1.09. The first-order valence-corrected chi connectivity index (χ1v) is 9.81. The molecular weight excluding hydrogens is 320 g/mol. The molecule has 0 unspecified atom stereocenters. The Bertz CT molecular complexity index is 723. The van der Waals surface area contributed by atoms with Crippen molar-refractivity contribution in [1.29, 1.82) is 0 Å². The molecule has 1 fully saturated rings. The molecule has 0 atom stereocenters. The fraction of sp³-hybridized carbons (Fsp3) is 0.571. The van der Waals surface area contributed by atoms with Crippen LogP contribution in [0.1, 0.15) is 25.7 Å². The maximum atomic E-state index is 12.4. The molecule has 1 aliphatic heterocycles. The van der Waals surface area contributed by atoms with Gasteiger partial charge in [0.05, 0.1) is 11.7 Å². The summed E-state index contributed by atoms with van der Waals surface area (Å²) in [5, 5.41) is 0. The van der Waals surface area contributed by atoms with Gasteiger partial charge in [0, 0.05) is 6.54 Å². The van der Waals surface area contributed by atoms with E-state index < -0.39 is 10.0 Å². The minimum atomic E-state index is -3.52. The van der Waals surface area contributed by atoms with Crippen LogP contribution in [0.3, 0.4) is 0 Å². The van der Waals surface area contributed by atoms with Gasteiger partial charge in [-0.3, -0.25) is 0 Å². The average molecular weight is 340 g/mol. The first kappa shape index (κ1) is 15.8. The fourth-order valence-electron chi connectivity index (χ4n) is 2.77. The number of likely N-dealkylation sites (tertiary alicyclic amines) is 1. The first-order chi connectivity index (χ1) is 10.7. The van der Waals surface area contributed by atoms with E-state index in [0.29, 0.717) is 17.6 Å². The SMILES string of the molecule is O=S(=O)(NCCCN1CCCCC1)c1cccc2nsnc12. The van der Waals surface area contributed by atoms with Crippen molar-refractivity contribution in [3.8, 4) is 0 Å². The van der Waals surface area contributed by atoms with Crippen molar-refractivity contribution in [2.45, 2.75) is 30.6 Å². The molecule has 1 aliphatic rings. The molecule has 0 amide bonds.